The Hall–Kier alpha value is -3.97. The van der Waals surface area contributed by atoms with Crippen LogP contribution in [0.2, 0.25) is 5.02 Å². The summed E-state index contributed by atoms with van der Waals surface area (Å²) in [5.41, 5.74) is 4.40. The van der Waals surface area contributed by atoms with Gasteiger partial charge in [-0.25, -0.2) is 0 Å². The first-order valence-electron chi connectivity index (χ1n) is 10.3. The summed E-state index contributed by atoms with van der Waals surface area (Å²) in [6.07, 6.45) is 0. The highest BCUT2D eigenvalue weighted by molar-refractivity contribution is 6.30. The fraction of sp³-hybridized carbons (Fsp3) is 0.120. The van der Waals surface area contributed by atoms with Crippen molar-refractivity contribution in [1.29, 1.82) is 0 Å². The van der Waals surface area contributed by atoms with Gasteiger partial charge in [-0.2, -0.15) is 9.67 Å². The SMILES string of the molecule is Cc1ccc(C(=O)Nc2nc(NC(=O)c3ccccc3C)nn2-c2ccc(Cl)cc2)c(C)c1. The number of benzene rings is 3. The van der Waals surface area contributed by atoms with Crippen molar-refractivity contribution in [3.8, 4) is 5.69 Å². The molecule has 4 aromatic rings. The molecule has 0 aliphatic carbocycles. The van der Waals surface area contributed by atoms with E-state index < -0.39 is 0 Å². The first-order valence-corrected chi connectivity index (χ1v) is 10.7. The van der Waals surface area contributed by atoms with Crippen molar-refractivity contribution < 1.29 is 9.59 Å². The first kappa shape index (κ1) is 22.2. The van der Waals surface area contributed by atoms with Crippen molar-refractivity contribution in [2.75, 3.05) is 10.6 Å². The van der Waals surface area contributed by atoms with Gasteiger partial charge in [-0.3, -0.25) is 20.2 Å². The Bertz CT molecular complexity index is 1350. The number of nitrogens with zero attached hydrogens (tertiary/aromatic N) is 3. The van der Waals surface area contributed by atoms with Crippen molar-refractivity contribution in [3.63, 3.8) is 0 Å². The van der Waals surface area contributed by atoms with Crippen molar-refractivity contribution >= 4 is 35.3 Å². The predicted molar refractivity (Wildman–Crippen MR) is 129 cm³/mol. The number of aromatic nitrogens is 3. The Kier molecular flexibility index (Phi) is 6.24. The minimum atomic E-state index is -0.339. The highest BCUT2D eigenvalue weighted by Gasteiger charge is 2.19. The van der Waals surface area contributed by atoms with Crippen LogP contribution in [0.25, 0.3) is 5.69 Å². The van der Waals surface area contributed by atoms with Gasteiger partial charge in [-0.1, -0.05) is 47.5 Å². The maximum atomic E-state index is 13.0. The largest absolute Gasteiger partial charge is 0.290 e. The van der Waals surface area contributed by atoms with Crippen LogP contribution >= 0.6 is 11.6 Å². The standard InChI is InChI=1S/C25H22ClN5O2/c1-15-8-13-21(17(3)14-15)23(33)28-25-29-24(27-22(32)20-7-5-4-6-16(20)2)30-31(25)19-11-9-18(26)10-12-19/h4-14H,1-3H3,(H2,27,28,29,30,32,33). The van der Waals surface area contributed by atoms with E-state index in [-0.39, 0.29) is 23.7 Å². The van der Waals surface area contributed by atoms with Crippen LogP contribution in [0.4, 0.5) is 11.9 Å². The van der Waals surface area contributed by atoms with Gasteiger partial charge >= 0.3 is 0 Å². The van der Waals surface area contributed by atoms with Crippen molar-refractivity contribution in [1.82, 2.24) is 14.8 Å². The van der Waals surface area contributed by atoms with Crippen LogP contribution in [0.15, 0.2) is 66.7 Å². The highest BCUT2D eigenvalue weighted by atomic mass is 35.5. The number of amides is 2. The Morgan fingerprint density at radius 2 is 1.48 bits per heavy atom. The van der Waals surface area contributed by atoms with Crippen LogP contribution in [-0.4, -0.2) is 26.6 Å². The number of nitrogens with one attached hydrogen (secondary N) is 2. The van der Waals surface area contributed by atoms with Gasteiger partial charge < -0.3 is 0 Å². The zero-order valence-electron chi connectivity index (χ0n) is 18.4. The molecule has 0 saturated heterocycles. The molecule has 0 spiro atoms. The number of rotatable bonds is 5. The zero-order chi connectivity index (χ0) is 23.5. The number of hydrogen-bond donors (Lipinski definition) is 2. The fourth-order valence-electron chi connectivity index (χ4n) is 3.44. The third kappa shape index (κ3) is 4.94. The molecule has 0 aliphatic rings. The lowest BCUT2D eigenvalue weighted by Gasteiger charge is -2.09. The summed E-state index contributed by atoms with van der Waals surface area (Å²) in [6.45, 7) is 5.69. The van der Waals surface area contributed by atoms with E-state index in [1.54, 1.807) is 42.5 Å². The quantitative estimate of drug-likeness (QED) is 0.421. The van der Waals surface area contributed by atoms with Crippen LogP contribution in [0.5, 0.6) is 0 Å². The van der Waals surface area contributed by atoms with Crippen LogP contribution in [0, 0.1) is 20.8 Å². The monoisotopic (exact) mass is 459 g/mol. The van der Waals surface area contributed by atoms with Gasteiger partial charge in [0.05, 0.1) is 5.69 Å². The number of hydrogen-bond acceptors (Lipinski definition) is 4. The van der Waals surface area contributed by atoms with Gasteiger partial charge in [0.25, 0.3) is 17.8 Å². The maximum Gasteiger partial charge on any atom is 0.258 e. The fourth-order valence-corrected chi connectivity index (χ4v) is 3.57. The number of halogens is 1. The number of anilines is 2. The van der Waals surface area contributed by atoms with E-state index in [1.165, 1.54) is 4.68 Å². The molecule has 33 heavy (non-hydrogen) atoms. The van der Waals surface area contributed by atoms with Gasteiger partial charge in [-0.15, -0.1) is 5.10 Å². The summed E-state index contributed by atoms with van der Waals surface area (Å²) in [4.78, 5) is 30.1. The summed E-state index contributed by atoms with van der Waals surface area (Å²) in [5, 5.41) is 10.5. The van der Waals surface area contributed by atoms with Crippen molar-refractivity contribution in [2.45, 2.75) is 20.8 Å². The molecule has 1 aromatic heterocycles. The maximum absolute atomic E-state index is 13.0. The molecule has 0 atom stereocenters. The molecule has 0 aliphatic heterocycles. The molecule has 4 rings (SSSR count). The normalized spacial score (nSPS) is 10.7. The molecule has 1 heterocycles. The van der Waals surface area contributed by atoms with Crippen molar-refractivity contribution in [3.05, 3.63) is 99.6 Å². The molecule has 2 amide bonds. The zero-order valence-corrected chi connectivity index (χ0v) is 19.1. The summed E-state index contributed by atoms with van der Waals surface area (Å²) in [5.74, 6) is -0.433. The number of carbonyl (C=O) groups is 2. The lowest BCUT2D eigenvalue weighted by Crippen LogP contribution is -2.17. The van der Waals surface area contributed by atoms with Crippen LogP contribution in [0.3, 0.4) is 0 Å². The molecule has 0 saturated carbocycles. The average molecular weight is 460 g/mol. The average Bonchev–Trinajstić information content (AvgIpc) is 3.16. The Labute approximate surface area is 196 Å². The topological polar surface area (TPSA) is 88.9 Å². The Morgan fingerprint density at radius 3 is 2.18 bits per heavy atom. The third-order valence-electron chi connectivity index (χ3n) is 5.15. The molecular weight excluding hydrogens is 438 g/mol. The second-order valence-electron chi connectivity index (χ2n) is 7.69. The van der Waals surface area contributed by atoms with E-state index in [1.807, 2.05) is 45.0 Å². The molecule has 166 valence electrons. The van der Waals surface area contributed by atoms with E-state index in [4.69, 9.17) is 11.6 Å². The number of aryl methyl sites for hydroxylation is 3. The van der Waals surface area contributed by atoms with E-state index in [9.17, 15) is 9.59 Å². The van der Waals surface area contributed by atoms with E-state index in [2.05, 4.69) is 20.7 Å². The van der Waals surface area contributed by atoms with Gasteiger partial charge in [-0.05, 0) is 68.3 Å². The van der Waals surface area contributed by atoms with Gasteiger partial charge in [0, 0.05) is 16.1 Å². The third-order valence-corrected chi connectivity index (χ3v) is 5.40. The minimum Gasteiger partial charge on any atom is -0.290 e. The molecule has 0 unspecified atom stereocenters. The van der Waals surface area contributed by atoms with E-state index >= 15 is 0 Å². The smallest absolute Gasteiger partial charge is 0.258 e. The summed E-state index contributed by atoms with van der Waals surface area (Å²) in [6, 6.07) is 19.7. The van der Waals surface area contributed by atoms with Crippen LogP contribution in [0.1, 0.15) is 37.4 Å². The molecule has 0 radical (unpaired) electrons. The van der Waals surface area contributed by atoms with Gasteiger partial charge in [0.1, 0.15) is 0 Å². The molecule has 2 N–H and O–H groups in total. The lowest BCUT2D eigenvalue weighted by atomic mass is 10.1. The van der Waals surface area contributed by atoms with E-state index in [0.29, 0.717) is 21.8 Å². The van der Waals surface area contributed by atoms with Crippen LogP contribution < -0.4 is 10.6 Å². The second-order valence-corrected chi connectivity index (χ2v) is 8.13. The Morgan fingerprint density at radius 1 is 0.818 bits per heavy atom. The summed E-state index contributed by atoms with van der Waals surface area (Å²) in [7, 11) is 0. The minimum absolute atomic E-state index is 0.0640. The highest BCUT2D eigenvalue weighted by Crippen LogP contribution is 2.21. The van der Waals surface area contributed by atoms with E-state index in [0.717, 1.165) is 16.7 Å². The Balaban J connectivity index is 1.68. The molecule has 0 bridgehead atoms. The first-order chi connectivity index (χ1) is 15.8. The predicted octanol–water partition coefficient (Wildman–Crippen LogP) is 5.35. The molecule has 0 fully saturated rings. The van der Waals surface area contributed by atoms with Gasteiger partial charge in [0.15, 0.2) is 0 Å². The lowest BCUT2D eigenvalue weighted by molar-refractivity contribution is 0.101. The molecular formula is C25H22ClN5O2. The van der Waals surface area contributed by atoms with Gasteiger partial charge in [0.2, 0.25) is 5.95 Å². The summed E-state index contributed by atoms with van der Waals surface area (Å²) >= 11 is 6.02. The molecule has 7 nitrogen and oxygen atoms in total. The summed E-state index contributed by atoms with van der Waals surface area (Å²) < 4.78 is 1.45. The van der Waals surface area contributed by atoms with Crippen molar-refractivity contribution in [2.24, 2.45) is 0 Å². The second kappa shape index (κ2) is 9.26. The number of carbonyl (C=O) groups excluding carboxylic acids is 2. The molecule has 3 aromatic carbocycles. The van der Waals surface area contributed by atoms with Crippen LogP contribution in [-0.2, 0) is 0 Å². The molecule has 8 heteroatoms.